The Bertz CT molecular complexity index is 145. The van der Waals surface area contributed by atoms with Crippen LogP contribution in [0.1, 0.15) is 20.3 Å². The Morgan fingerprint density at radius 3 is 2.70 bits per heavy atom. The monoisotopic (exact) mass is 206 g/mol. The second-order valence-corrected chi connectivity index (χ2v) is 4.17. The lowest BCUT2D eigenvalue weighted by Crippen LogP contribution is -2.06. The Morgan fingerprint density at radius 1 is 1.80 bits per heavy atom. The van der Waals surface area contributed by atoms with E-state index >= 15 is 0 Å². The lowest BCUT2D eigenvalue weighted by atomic mass is 10.3. The molecular weight excluding hydrogens is 196 g/mol. The number of hydrogen-bond acceptors (Lipinski definition) is 2. The van der Waals surface area contributed by atoms with Crippen molar-refractivity contribution in [3.8, 4) is 0 Å². The van der Waals surface area contributed by atoms with Gasteiger partial charge in [0, 0.05) is 17.7 Å². The molecule has 0 aromatic carbocycles. The summed E-state index contributed by atoms with van der Waals surface area (Å²) >= 11 is 3.44. The number of hydrogen-bond donors (Lipinski definition) is 0. The van der Waals surface area contributed by atoms with Gasteiger partial charge in [-0.2, -0.15) is 0 Å². The highest BCUT2D eigenvalue weighted by atomic mass is 79.9. The van der Waals surface area contributed by atoms with E-state index in [4.69, 9.17) is 4.74 Å². The Kier molecular flexibility index (Phi) is 2.34. The second kappa shape index (κ2) is 2.91. The molecule has 3 unspecified atom stereocenters. The van der Waals surface area contributed by atoms with Crippen molar-refractivity contribution >= 4 is 21.9 Å². The summed E-state index contributed by atoms with van der Waals surface area (Å²) in [7, 11) is 0. The molecule has 3 heteroatoms. The molecule has 0 aromatic heterocycles. The molecule has 1 fully saturated rings. The summed E-state index contributed by atoms with van der Waals surface area (Å²) in [6.07, 6.45) is 1.21. The van der Waals surface area contributed by atoms with E-state index in [0.717, 1.165) is 6.42 Å². The highest BCUT2D eigenvalue weighted by Crippen LogP contribution is 2.39. The summed E-state index contributed by atoms with van der Waals surface area (Å²) in [5.41, 5.74) is 0. The van der Waals surface area contributed by atoms with E-state index in [-0.39, 0.29) is 12.1 Å². The number of rotatable bonds is 2. The van der Waals surface area contributed by atoms with E-state index in [9.17, 15) is 4.79 Å². The Morgan fingerprint density at radius 2 is 2.40 bits per heavy atom. The Hall–Kier alpha value is -0.0500. The van der Waals surface area contributed by atoms with Gasteiger partial charge in [0.05, 0.1) is 0 Å². The average Bonchev–Trinajstić information content (AvgIpc) is 2.43. The fraction of sp³-hybridized carbons (Fsp3) is 0.857. The number of ether oxygens (including phenoxy) is 1. The van der Waals surface area contributed by atoms with Gasteiger partial charge in [0.1, 0.15) is 6.10 Å². The molecule has 0 aromatic rings. The molecule has 0 bridgehead atoms. The number of carbonyl (C=O) groups is 1. The zero-order valence-electron chi connectivity index (χ0n) is 6.13. The maximum Gasteiger partial charge on any atom is 0.302 e. The smallest absolute Gasteiger partial charge is 0.302 e. The first kappa shape index (κ1) is 8.05. The van der Waals surface area contributed by atoms with Gasteiger partial charge >= 0.3 is 5.97 Å². The molecule has 0 spiro atoms. The van der Waals surface area contributed by atoms with Gasteiger partial charge in [0.25, 0.3) is 0 Å². The van der Waals surface area contributed by atoms with Crippen LogP contribution in [0.25, 0.3) is 0 Å². The molecule has 58 valence electrons. The standard InChI is InChI=1S/C7H11BrO2/c1-4(8)6-3-7(6)10-5(2)9/h4,6-7H,3H2,1-2H3. The Balaban J connectivity index is 2.19. The lowest BCUT2D eigenvalue weighted by Gasteiger charge is -2.01. The summed E-state index contributed by atoms with van der Waals surface area (Å²) in [5.74, 6) is 0.379. The van der Waals surface area contributed by atoms with Gasteiger partial charge in [-0.1, -0.05) is 22.9 Å². The van der Waals surface area contributed by atoms with Crippen LogP contribution in [0.3, 0.4) is 0 Å². The van der Waals surface area contributed by atoms with Gasteiger partial charge in [-0.3, -0.25) is 4.79 Å². The van der Waals surface area contributed by atoms with Crippen molar-refractivity contribution in [1.82, 2.24) is 0 Å². The van der Waals surface area contributed by atoms with E-state index in [2.05, 4.69) is 22.9 Å². The second-order valence-electron chi connectivity index (χ2n) is 2.72. The van der Waals surface area contributed by atoms with Gasteiger partial charge in [-0.05, 0) is 6.42 Å². The maximum atomic E-state index is 10.4. The predicted molar refractivity (Wildman–Crippen MR) is 42.1 cm³/mol. The number of carbonyl (C=O) groups excluding carboxylic acids is 1. The molecule has 0 N–H and O–H groups in total. The van der Waals surface area contributed by atoms with E-state index in [1.54, 1.807) is 0 Å². The number of esters is 1. The first-order chi connectivity index (χ1) is 4.61. The molecule has 10 heavy (non-hydrogen) atoms. The first-order valence-electron chi connectivity index (χ1n) is 3.42. The molecule has 2 nitrogen and oxygen atoms in total. The number of halogens is 1. The van der Waals surface area contributed by atoms with Crippen molar-refractivity contribution in [3.63, 3.8) is 0 Å². The first-order valence-corrected chi connectivity index (χ1v) is 4.34. The molecule has 0 saturated heterocycles. The van der Waals surface area contributed by atoms with Crippen LogP contribution >= 0.6 is 15.9 Å². The van der Waals surface area contributed by atoms with E-state index in [1.807, 2.05) is 0 Å². The largest absolute Gasteiger partial charge is 0.462 e. The van der Waals surface area contributed by atoms with E-state index in [0.29, 0.717) is 10.7 Å². The summed E-state index contributed by atoms with van der Waals surface area (Å²) in [6.45, 7) is 3.53. The topological polar surface area (TPSA) is 26.3 Å². The van der Waals surface area contributed by atoms with E-state index in [1.165, 1.54) is 6.92 Å². The third-order valence-electron chi connectivity index (χ3n) is 1.69. The summed E-state index contributed by atoms with van der Waals surface area (Å²) in [4.78, 5) is 10.9. The van der Waals surface area contributed by atoms with Crippen LogP contribution in [0.5, 0.6) is 0 Å². The van der Waals surface area contributed by atoms with Crippen LogP contribution in [-0.4, -0.2) is 16.9 Å². The summed E-state index contributed by atoms with van der Waals surface area (Å²) < 4.78 is 4.97. The minimum absolute atomic E-state index is 0.166. The van der Waals surface area contributed by atoms with Crippen molar-refractivity contribution in [2.24, 2.45) is 5.92 Å². The minimum Gasteiger partial charge on any atom is -0.462 e. The zero-order valence-corrected chi connectivity index (χ0v) is 7.72. The van der Waals surface area contributed by atoms with Gasteiger partial charge in [-0.25, -0.2) is 0 Å². The fourth-order valence-corrected chi connectivity index (χ4v) is 1.58. The molecule has 3 atom stereocenters. The van der Waals surface area contributed by atoms with Crippen LogP contribution in [0.4, 0.5) is 0 Å². The molecule has 0 amide bonds. The quantitative estimate of drug-likeness (QED) is 0.509. The highest BCUT2D eigenvalue weighted by molar-refractivity contribution is 9.09. The van der Waals surface area contributed by atoms with Crippen LogP contribution in [0.15, 0.2) is 0 Å². The third kappa shape index (κ3) is 1.97. The van der Waals surface area contributed by atoms with Gasteiger partial charge in [-0.15, -0.1) is 0 Å². The van der Waals surface area contributed by atoms with Crippen molar-refractivity contribution in [3.05, 3.63) is 0 Å². The zero-order chi connectivity index (χ0) is 7.72. The predicted octanol–water partition coefficient (Wildman–Crippen LogP) is 1.72. The molecular formula is C7H11BrO2. The third-order valence-corrected chi connectivity index (χ3v) is 2.37. The molecule has 0 heterocycles. The van der Waals surface area contributed by atoms with E-state index < -0.39 is 0 Å². The van der Waals surface area contributed by atoms with Gasteiger partial charge in [0.2, 0.25) is 0 Å². The number of alkyl halides is 1. The summed E-state index contributed by atoms with van der Waals surface area (Å²) in [6, 6.07) is 0. The molecule has 1 aliphatic carbocycles. The van der Waals surface area contributed by atoms with Gasteiger partial charge < -0.3 is 4.74 Å². The van der Waals surface area contributed by atoms with Crippen LogP contribution in [0.2, 0.25) is 0 Å². The van der Waals surface area contributed by atoms with Crippen LogP contribution in [0, 0.1) is 5.92 Å². The molecule has 1 rings (SSSR count). The van der Waals surface area contributed by atoms with Crippen LogP contribution in [-0.2, 0) is 9.53 Å². The normalized spacial score (nSPS) is 33.1. The minimum atomic E-state index is -0.166. The maximum absolute atomic E-state index is 10.4. The summed E-state index contributed by atoms with van der Waals surface area (Å²) in [5, 5.41) is 0. The van der Waals surface area contributed by atoms with Crippen molar-refractivity contribution in [2.75, 3.05) is 0 Å². The highest BCUT2D eigenvalue weighted by Gasteiger charge is 2.42. The average molecular weight is 207 g/mol. The molecule has 1 aliphatic rings. The van der Waals surface area contributed by atoms with Crippen molar-refractivity contribution in [2.45, 2.75) is 31.2 Å². The molecule has 0 radical (unpaired) electrons. The lowest BCUT2D eigenvalue weighted by molar-refractivity contribution is -0.142. The van der Waals surface area contributed by atoms with Crippen molar-refractivity contribution < 1.29 is 9.53 Å². The molecule has 1 saturated carbocycles. The van der Waals surface area contributed by atoms with Crippen LogP contribution < -0.4 is 0 Å². The fourth-order valence-electron chi connectivity index (χ4n) is 1.02. The SMILES string of the molecule is CC(=O)OC1CC1C(C)Br. The van der Waals surface area contributed by atoms with Crippen molar-refractivity contribution in [1.29, 1.82) is 0 Å². The van der Waals surface area contributed by atoms with Gasteiger partial charge in [0.15, 0.2) is 0 Å². The Labute approximate surface area is 69.1 Å². The molecule has 0 aliphatic heterocycles.